The number of ether oxygens (including phenoxy) is 1. The maximum atomic E-state index is 5.89. The fraction of sp³-hybridized carbons (Fsp3) is 1.00. The Kier molecular flexibility index (Phi) is 3.65. The van der Waals surface area contributed by atoms with Gasteiger partial charge in [0.2, 0.25) is 0 Å². The van der Waals surface area contributed by atoms with Crippen LogP contribution in [0.25, 0.3) is 0 Å². The standard InChI is InChI=1S/C12H24N2O/c1-2-15-11-7-12(8-11,9-13)14-10-5-3-4-6-10/h10-11,14H,2-9,13H2,1H3. The first-order valence-corrected chi connectivity index (χ1v) is 6.37. The van der Waals surface area contributed by atoms with Crippen molar-refractivity contribution in [2.75, 3.05) is 13.2 Å². The predicted octanol–water partition coefficient (Wildman–Crippen LogP) is 1.42. The Morgan fingerprint density at radius 1 is 1.33 bits per heavy atom. The van der Waals surface area contributed by atoms with E-state index in [0.717, 1.165) is 32.0 Å². The fourth-order valence-electron chi connectivity index (χ4n) is 3.01. The topological polar surface area (TPSA) is 47.3 Å². The third-order valence-electron chi connectivity index (χ3n) is 3.90. The maximum absolute atomic E-state index is 5.89. The van der Waals surface area contributed by atoms with Crippen molar-refractivity contribution >= 4 is 0 Å². The van der Waals surface area contributed by atoms with E-state index in [9.17, 15) is 0 Å². The summed E-state index contributed by atoms with van der Waals surface area (Å²) in [7, 11) is 0. The molecule has 3 N–H and O–H groups in total. The Balaban J connectivity index is 1.78. The van der Waals surface area contributed by atoms with Gasteiger partial charge < -0.3 is 15.8 Å². The fourth-order valence-corrected chi connectivity index (χ4v) is 3.01. The van der Waals surface area contributed by atoms with Gasteiger partial charge in [-0.3, -0.25) is 0 Å². The summed E-state index contributed by atoms with van der Waals surface area (Å²) in [5.41, 5.74) is 6.09. The molecule has 0 aliphatic heterocycles. The molecule has 3 heteroatoms. The smallest absolute Gasteiger partial charge is 0.0611 e. The Labute approximate surface area is 92.7 Å². The second-order valence-electron chi connectivity index (χ2n) is 5.10. The highest BCUT2D eigenvalue weighted by atomic mass is 16.5. The molecule has 0 aromatic carbocycles. The molecule has 0 aromatic heterocycles. The summed E-state index contributed by atoms with van der Waals surface area (Å²) >= 11 is 0. The summed E-state index contributed by atoms with van der Waals surface area (Å²) in [6, 6.07) is 0.719. The zero-order valence-electron chi connectivity index (χ0n) is 9.80. The van der Waals surface area contributed by atoms with Gasteiger partial charge in [0.1, 0.15) is 0 Å². The highest BCUT2D eigenvalue weighted by Crippen LogP contribution is 2.35. The van der Waals surface area contributed by atoms with Crippen LogP contribution >= 0.6 is 0 Å². The van der Waals surface area contributed by atoms with Gasteiger partial charge in [0.15, 0.2) is 0 Å². The molecule has 0 bridgehead atoms. The molecule has 3 nitrogen and oxygen atoms in total. The highest BCUT2D eigenvalue weighted by Gasteiger charge is 2.44. The second kappa shape index (κ2) is 4.81. The average Bonchev–Trinajstić information content (AvgIpc) is 2.67. The van der Waals surface area contributed by atoms with Gasteiger partial charge in [-0.25, -0.2) is 0 Å². The van der Waals surface area contributed by atoms with Crippen LogP contribution in [0.2, 0.25) is 0 Å². The first-order chi connectivity index (χ1) is 7.28. The van der Waals surface area contributed by atoms with Crippen LogP contribution in [-0.2, 0) is 4.74 Å². The minimum atomic E-state index is 0.203. The molecular weight excluding hydrogens is 188 g/mol. The molecule has 15 heavy (non-hydrogen) atoms. The molecule has 2 aliphatic carbocycles. The molecule has 2 fully saturated rings. The molecule has 0 spiro atoms. The predicted molar refractivity (Wildman–Crippen MR) is 61.8 cm³/mol. The molecule has 0 amide bonds. The van der Waals surface area contributed by atoms with Gasteiger partial charge in [0.05, 0.1) is 6.10 Å². The lowest BCUT2D eigenvalue weighted by molar-refractivity contribution is -0.0510. The number of hydrogen-bond donors (Lipinski definition) is 2. The molecular formula is C12H24N2O. The van der Waals surface area contributed by atoms with E-state index in [2.05, 4.69) is 12.2 Å². The van der Waals surface area contributed by atoms with E-state index >= 15 is 0 Å². The van der Waals surface area contributed by atoms with Crippen LogP contribution in [0.1, 0.15) is 45.4 Å². The van der Waals surface area contributed by atoms with Gasteiger partial charge >= 0.3 is 0 Å². The molecule has 0 heterocycles. The lowest BCUT2D eigenvalue weighted by Crippen LogP contribution is -2.64. The van der Waals surface area contributed by atoms with Crippen molar-refractivity contribution in [3.8, 4) is 0 Å². The van der Waals surface area contributed by atoms with Crippen molar-refractivity contribution < 1.29 is 4.74 Å². The molecule has 2 saturated carbocycles. The van der Waals surface area contributed by atoms with Crippen LogP contribution in [0.15, 0.2) is 0 Å². The van der Waals surface area contributed by atoms with Gasteiger partial charge in [-0.05, 0) is 32.6 Å². The molecule has 2 aliphatic rings. The van der Waals surface area contributed by atoms with Crippen molar-refractivity contribution in [1.29, 1.82) is 0 Å². The second-order valence-corrected chi connectivity index (χ2v) is 5.10. The van der Waals surface area contributed by atoms with E-state index in [1.807, 2.05) is 0 Å². The minimum Gasteiger partial charge on any atom is -0.378 e. The highest BCUT2D eigenvalue weighted by molar-refractivity contribution is 5.04. The molecule has 0 unspecified atom stereocenters. The maximum Gasteiger partial charge on any atom is 0.0611 e. The first-order valence-electron chi connectivity index (χ1n) is 6.37. The van der Waals surface area contributed by atoms with Gasteiger partial charge in [-0.15, -0.1) is 0 Å². The summed E-state index contributed by atoms with van der Waals surface area (Å²) in [4.78, 5) is 0. The van der Waals surface area contributed by atoms with Crippen molar-refractivity contribution in [1.82, 2.24) is 5.32 Å². The SMILES string of the molecule is CCOC1CC(CN)(NC2CCCC2)C1. The Morgan fingerprint density at radius 3 is 2.53 bits per heavy atom. The normalized spacial score (nSPS) is 36.8. The summed E-state index contributed by atoms with van der Waals surface area (Å²) in [6.07, 6.45) is 8.09. The van der Waals surface area contributed by atoms with E-state index in [1.165, 1.54) is 25.7 Å². The van der Waals surface area contributed by atoms with Crippen molar-refractivity contribution in [2.24, 2.45) is 5.73 Å². The van der Waals surface area contributed by atoms with E-state index in [4.69, 9.17) is 10.5 Å². The van der Waals surface area contributed by atoms with Crippen LogP contribution in [0.5, 0.6) is 0 Å². The number of rotatable bonds is 5. The molecule has 0 radical (unpaired) electrons. The van der Waals surface area contributed by atoms with Crippen LogP contribution in [-0.4, -0.2) is 30.8 Å². The van der Waals surface area contributed by atoms with Crippen molar-refractivity contribution in [3.63, 3.8) is 0 Å². The Hall–Kier alpha value is -0.120. The van der Waals surface area contributed by atoms with Crippen LogP contribution in [0.3, 0.4) is 0 Å². The summed E-state index contributed by atoms with van der Waals surface area (Å²) in [5.74, 6) is 0. The minimum absolute atomic E-state index is 0.203. The van der Waals surface area contributed by atoms with Gasteiger partial charge in [-0.1, -0.05) is 12.8 Å². The third kappa shape index (κ3) is 2.52. The van der Waals surface area contributed by atoms with E-state index in [1.54, 1.807) is 0 Å². The van der Waals surface area contributed by atoms with E-state index in [0.29, 0.717) is 6.10 Å². The lowest BCUT2D eigenvalue weighted by Gasteiger charge is -2.49. The Morgan fingerprint density at radius 2 is 2.00 bits per heavy atom. The molecule has 2 rings (SSSR count). The molecule has 0 saturated heterocycles. The number of nitrogens with two attached hydrogens (primary N) is 1. The molecule has 0 atom stereocenters. The van der Waals surface area contributed by atoms with Crippen LogP contribution in [0, 0.1) is 0 Å². The van der Waals surface area contributed by atoms with Crippen molar-refractivity contribution in [3.05, 3.63) is 0 Å². The first kappa shape index (κ1) is 11.4. The van der Waals surface area contributed by atoms with Crippen LogP contribution < -0.4 is 11.1 Å². The van der Waals surface area contributed by atoms with Gasteiger partial charge in [0.25, 0.3) is 0 Å². The van der Waals surface area contributed by atoms with Gasteiger partial charge in [-0.2, -0.15) is 0 Å². The van der Waals surface area contributed by atoms with E-state index < -0.39 is 0 Å². The molecule has 88 valence electrons. The zero-order valence-corrected chi connectivity index (χ0v) is 9.80. The van der Waals surface area contributed by atoms with E-state index in [-0.39, 0.29) is 5.54 Å². The molecule has 0 aromatic rings. The van der Waals surface area contributed by atoms with Crippen molar-refractivity contribution in [2.45, 2.75) is 63.1 Å². The summed E-state index contributed by atoms with van der Waals surface area (Å²) in [6.45, 7) is 3.65. The summed E-state index contributed by atoms with van der Waals surface area (Å²) < 4.78 is 5.60. The quantitative estimate of drug-likeness (QED) is 0.724. The van der Waals surface area contributed by atoms with Gasteiger partial charge in [0, 0.05) is 24.7 Å². The lowest BCUT2D eigenvalue weighted by atomic mass is 9.73. The monoisotopic (exact) mass is 212 g/mol. The zero-order chi connectivity index (χ0) is 10.7. The summed E-state index contributed by atoms with van der Waals surface area (Å²) in [5, 5.41) is 3.76. The number of hydrogen-bond acceptors (Lipinski definition) is 3. The van der Waals surface area contributed by atoms with Crippen LogP contribution in [0.4, 0.5) is 0 Å². The number of nitrogens with one attached hydrogen (secondary N) is 1. The third-order valence-corrected chi connectivity index (χ3v) is 3.90. The largest absolute Gasteiger partial charge is 0.378 e. The Bertz CT molecular complexity index is 196. The average molecular weight is 212 g/mol.